The molecule has 1 heterocycles. The first-order valence-corrected chi connectivity index (χ1v) is 7.98. The van der Waals surface area contributed by atoms with Crippen molar-refractivity contribution >= 4 is 6.09 Å². The largest absolute Gasteiger partial charge is 0.444 e. The van der Waals surface area contributed by atoms with E-state index >= 15 is 0 Å². The fraction of sp³-hybridized carbons (Fsp3) is 0.611. The highest BCUT2D eigenvalue weighted by Gasteiger charge is 2.28. The lowest BCUT2D eigenvalue weighted by Crippen LogP contribution is -2.41. The summed E-state index contributed by atoms with van der Waals surface area (Å²) in [6.07, 6.45) is 1.60. The minimum absolute atomic E-state index is 0.0713. The molecule has 1 fully saturated rings. The van der Waals surface area contributed by atoms with Gasteiger partial charge in [0.05, 0.1) is 6.61 Å². The molecule has 2 rings (SSSR count). The number of hydrogen-bond donors (Lipinski definition) is 1. The number of carbonyl (C=O) groups excluding carboxylic acids is 1. The molecular weight excluding hydrogens is 278 g/mol. The summed E-state index contributed by atoms with van der Waals surface area (Å²) in [5.41, 5.74) is 2.99. The van der Waals surface area contributed by atoms with E-state index in [9.17, 15) is 9.90 Å². The minimum atomic E-state index is -0.450. The van der Waals surface area contributed by atoms with Gasteiger partial charge >= 0.3 is 6.09 Å². The van der Waals surface area contributed by atoms with Crippen molar-refractivity contribution < 1.29 is 14.6 Å². The Balaban J connectivity index is 2.00. The molecule has 1 amide bonds. The number of benzene rings is 1. The van der Waals surface area contributed by atoms with E-state index in [4.69, 9.17) is 4.74 Å². The maximum Gasteiger partial charge on any atom is 0.410 e. The van der Waals surface area contributed by atoms with Crippen molar-refractivity contribution in [3.63, 3.8) is 0 Å². The topological polar surface area (TPSA) is 49.8 Å². The molecule has 0 saturated carbocycles. The van der Waals surface area contributed by atoms with Crippen LogP contribution < -0.4 is 0 Å². The zero-order chi connectivity index (χ0) is 16.3. The van der Waals surface area contributed by atoms with E-state index in [-0.39, 0.29) is 12.7 Å². The van der Waals surface area contributed by atoms with E-state index in [1.807, 2.05) is 32.9 Å². The van der Waals surface area contributed by atoms with Gasteiger partial charge in [0.25, 0.3) is 0 Å². The number of ether oxygens (including phenoxy) is 1. The summed E-state index contributed by atoms with van der Waals surface area (Å²) in [6.45, 7) is 9.22. The number of likely N-dealkylation sites (tertiary alicyclic amines) is 1. The van der Waals surface area contributed by atoms with Crippen molar-refractivity contribution in [1.29, 1.82) is 0 Å². The second-order valence-corrected chi connectivity index (χ2v) is 7.10. The number of aliphatic hydroxyl groups excluding tert-OH is 1. The summed E-state index contributed by atoms with van der Waals surface area (Å²) in [5, 5.41) is 9.52. The number of rotatable bonds is 2. The Morgan fingerprint density at radius 3 is 2.50 bits per heavy atom. The third kappa shape index (κ3) is 4.23. The Hall–Kier alpha value is -1.55. The van der Waals surface area contributed by atoms with E-state index in [0.29, 0.717) is 19.0 Å². The fourth-order valence-corrected chi connectivity index (χ4v) is 2.94. The van der Waals surface area contributed by atoms with Gasteiger partial charge in [0, 0.05) is 13.1 Å². The van der Waals surface area contributed by atoms with E-state index in [1.54, 1.807) is 4.90 Å². The van der Waals surface area contributed by atoms with Gasteiger partial charge in [0.2, 0.25) is 0 Å². The molecule has 22 heavy (non-hydrogen) atoms. The first-order valence-electron chi connectivity index (χ1n) is 7.98. The SMILES string of the molecule is Cc1ccc(CO)c(C2CCN(C(=O)OC(C)(C)C)CC2)c1. The number of amides is 1. The second-order valence-electron chi connectivity index (χ2n) is 7.10. The Kier molecular flexibility index (Phi) is 5.12. The predicted molar refractivity (Wildman–Crippen MR) is 86.9 cm³/mol. The van der Waals surface area contributed by atoms with Crippen LogP contribution >= 0.6 is 0 Å². The van der Waals surface area contributed by atoms with Gasteiger partial charge in [-0.15, -0.1) is 0 Å². The van der Waals surface area contributed by atoms with Crippen molar-refractivity contribution in [3.8, 4) is 0 Å². The van der Waals surface area contributed by atoms with E-state index in [1.165, 1.54) is 11.1 Å². The van der Waals surface area contributed by atoms with Gasteiger partial charge in [-0.1, -0.05) is 23.8 Å². The zero-order valence-corrected chi connectivity index (χ0v) is 14.1. The van der Waals surface area contributed by atoms with Crippen LogP contribution in [0.2, 0.25) is 0 Å². The maximum absolute atomic E-state index is 12.1. The highest BCUT2D eigenvalue weighted by Crippen LogP contribution is 2.31. The molecule has 0 bridgehead atoms. The van der Waals surface area contributed by atoms with Gasteiger partial charge in [0.15, 0.2) is 0 Å². The molecule has 0 spiro atoms. The molecule has 1 aromatic rings. The lowest BCUT2D eigenvalue weighted by Gasteiger charge is -2.34. The Morgan fingerprint density at radius 2 is 1.95 bits per heavy atom. The van der Waals surface area contributed by atoms with Crippen LogP contribution in [0.3, 0.4) is 0 Å². The summed E-state index contributed by atoms with van der Waals surface area (Å²) in [5.74, 6) is 0.403. The molecule has 1 aromatic carbocycles. The Bertz CT molecular complexity index is 526. The lowest BCUT2D eigenvalue weighted by atomic mass is 9.86. The first kappa shape index (κ1) is 16.8. The Morgan fingerprint density at radius 1 is 1.32 bits per heavy atom. The second kappa shape index (κ2) is 6.69. The molecule has 0 aromatic heterocycles. The number of piperidine rings is 1. The molecule has 0 aliphatic carbocycles. The zero-order valence-electron chi connectivity index (χ0n) is 14.1. The van der Waals surface area contributed by atoms with Crippen LogP contribution in [0, 0.1) is 6.92 Å². The number of aryl methyl sites for hydroxylation is 1. The summed E-state index contributed by atoms with van der Waals surface area (Å²) >= 11 is 0. The molecule has 4 heteroatoms. The van der Waals surface area contributed by atoms with Gasteiger partial charge in [0.1, 0.15) is 5.60 Å². The van der Waals surface area contributed by atoms with Gasteiger partial charge in [-0.3, -0.25) is 0 Å². The van der Waals surface area contributed by atoms with Gasteiger partial charge in [-0.2, -0.15) is 0 Å². The average Bonchev–Trinajstić information content (AvgIpc) is 2.45. The van der Waals surface area contributed by atoms with Crippen LogP contribution in [0.15, 0.2) is 18.2 Å². The molecule has 122 valence electrons. The standard InChI is InChI=1S/C18H27NO3/c1-13-5-6-15(12-20)16(11-13)14-7-9-19(10-8-14)17(21)22-18(2,3)4/h5-6,11,14,20H,7-10,12H2,1-4H3. The van der Waals surface area contributed by atoms with E-state index in [0.717, 1.165) is 18.4 Å². The first-order chi connectivity index (χ1) is 10.3. The fourth-order valence-electron chi connectivity index (χ4n) is 2.94. The molecule has 0 atom stereocenters. The van der Waals surface area contributed by atoms with Gasteiger partial charge in [-0.05, 0) is 57.6 Å². The molecule has 0 unspecified atom stereocenters. The monoisotopic (exact) mass is 305 g/mol. The number of nitrogens with zero attached hydrogens (tertiary/aromatic N) is 1. The normalized spacial score (nSPS) is 16.7. The molecule has 1 saturated heterocycles. The lowest BCUT2D eigenvalue weighted by molar-refractivity contribution is 0.0204. The van der Waals surface area contributed by atoms with Crippen LogP contribution in [-0.2, 0) is 11.3 Å². The average molecular weight is 305 g/mol. The quantitative estimate of drug-likeness (QED) is 0.908. The van der Waals surface area contributed by atoms with Crippen molar-refractivity contribution in [1.82, 2.24) is 4.90 Å². The third-order valence-electron chi connectivity index (χ3n) is 4.06. The van der Waals surface area contributed by atoms with Crippen LogP contribution in [0.25, 0.3) is 0 Å². The maximum atomic E-state index is 12.1. The molecule has 1 aliphatic heterocycles. The van der Waals surface area contributed by atoms with Crippen LogP contribution in [-0.4, -0.2) is 34.8 Å². The summed E-state index contributed by atoms with van der Waals surface area (Å²) in [7, 11) is 0. The summed E-state index contributed by atoms with van der Waals surface area (Å²) in [4.78, 5) is 13.9. The highest BCUT2D eigenvalue weighted by atomic mass is 16.6. The van der Waals surface area contributed by atoms with Crippen molar-refractivity contribution in [2.24, 2.45) is 0 Å². The number of aliphatic hydroxyl groups is 1. The number of carbonyl (C=O) groups is 1. The van der Waals surface area contributed by atoms with E-state index in [2.05, 4.69) is 13.0 Å². The number of hydrogen-bond acceptors (Lipinski definition) is 3. The van der Waals surface area contributed by atoms with Gasteiger partial charge < -0.3 is 14.7 Å². The smallest absolute Gasteiger partial charge is 0.410 e. The van der Waals surface area contributed by atoms with E-state index < -0.39 is 5.60 Å². The summed E-state index contributed by atoms with van der Waals surface area (Å²) < 4.78 is 5.43. The van der Waals surface area contributed by atoms with Crippen molar-refractivity contribution in [3.05, 3.63) is 34.9 Å². The van der Waals surface area contributed by atoms with Crippen LogP contribution in [0.5, 0.6) is 0 Å². The van der Waals surface area contributed by atoms with Crippen LogP contribution in [0.1, 0.15) is 56.2 Å². The van der Waals surface area contributed by atoms with Gasteiger partial charge in [-0.25, -0.2) is 4.79 Å². The predicted octanol–water partition coefficient (Wildman–Crippen LogP) is 3.60. The highest BCUT2D eigenvalue weighted by molar-refractivity contribution is 5.68. The third-order valence-corrected chi connectivity index (χ3v) is 4.06. The van der Waals surface area contributed by atoms with Crippen molar-refractivity contribution in [2.45, 2.75) is 58.7 Å². The minimum Gasteiger partial charge on any atom is -0.444 e. The summed E-state index contributed by atoms with van der Waals surface area (Å²) in [6, 6.07) is 6.20. The van der Waals surface area contributed by atoms with Crippen molar-refractivity contribution in [2.75, 3.05) is 13.1 Å². The molecule has 0 radical (unpaired) electrons. The molecular formula is C18H27NO3. The Labute approximate surface area is 133 Å². The van der Waals surface area contributed by atoms with Crippen LogP contribution in [0.4, 0.5) is 4.79 Å². The molecule has 4 nitrogen and oxygen atoms in total. The molecule has 1 aliphatic rings. The molecule has 1 N–H and O–H groups in total.